The molecule has 0 saturated heterocycles. The van der Waals surface area contributed by atoms with Gasteiger partial charge in [0.1, 0.15) is 12.0 Å². The van der Waals surface area contributed by atoms with Crippen LogP contribution in [0.15, 0.2) is 28.8 Å². The second-order valence-corrected chi connectivity index (χ2v) is 3.93. The van der Waals surface area contributed by atoms with Crippen LogP contribution in [-0.2, 0) is 14.3 Å². The van der Waals surface area contributed by atoms with Crippen molar-refractivity contribution in [3.8, 4) is 0 Å². The summed E-state index contributed by atoms with van der Waals surface area (Å²) in [6, 6.07) is 0. The van der Waals surface area contributed by atoms with Crippen LogP contribution in [0.4, 0.5) is 0 Å². The Morgan fingerprint density at radius 3 is 2.59 bits per heavy atom. The minimum Gasteiger partial charge on any atom is -0.478 e. The van der Waals surface area contributed by atoms with Gasteiger partial charge in [-0.3, -0.25) is 14.6 Å². The van der Waals surface area contributed by atoms with E-state index in [1.165, 1.54) is 6.08 Å². The molecule has 6 nitrogen and oxygen atoms in total. The second kappa shape index (κ2) is 4.04. The molecular weight excluding hydrogens is 222 g/mol. The number of aliphatic imine (C=N–C) groups is 1. The molecular formula is C11H13N3O3. The molecule has 1 unspecified atom stereocenters. The van der Waals surface area contributed by atoms with Gasteiger partial charge >= 0.3 is 0 Å². The minimum absolute atomic E-state index is 0.246. The summed E-state index contributed by atoms with van der Waals surface area (Å²) in [6.07, 6.45) is 4.85. The minimum atomic E-state index is -1.07. The summed E-state index contributed by atoms with van der Waals surface area (Å²) in [7, 11) is 0. The SMILES string of the molecule is NC(=O)C1=CCC(C(N)=O)(C2=NCCO2)C=C1. The predicted octanol–water partition coefficient (Wildman–Crippen LogP) is -0.742. The van der Waals surface area contributed by atoms with Crippen LogP contribution in [-0.4, -0.2) is 30.9 Å². The fourth-order valence-electron chi connectivity index (χ4n) is 1.87. The van der Waals surface area contributed by atoms with Crippen LogP contribution in [0.25, 0.3) is 0 Å². The van der Waals surface area contributed by atoms with Crippen LogP contribution in [0.5, 0.6) is 0 Å². The Labute approximate surface area is 98.0 Å². The van der Waals surface area contributed by atoms with Gasteiger partial charge in [0, 0.05) is 5.57 Å². The molecule has 0 aromatic heterocycles. The third kappa shape index (κ3) is 1.82. The summed E-state index contributed by atoms with van der Waals surface area (Å²) < 4.78 is 5.31. The summed E-state index contributed by atoms with van der Waals surface area (Å²) in [5, 5.41) is 0. The Morgan fingerprint density at radius 2 is 2.18 bits per heavy atom. The highest BCUT2D eigenvalue weighted by Crippen LogP contribution is 2.33. The normalized spacial score (nSPS) is 27.1. The van der Waals surface area contributed by atoms with E-state index in [4.69, 9.17) is 16.2 Å². The van der Waals surface area contributed by atoms with Gasteiger partial charge in [-0.15, -0.1) is 0 Å². The molecule has 1 aliphatic heterocycles. The molecule has 1 aliphatic carbocycles. The zero-order chi connectivity index (χ0) is 12.5. The number of nitrogens with two attached hydrogens (primary N) is 2. The van der Waals surface area contributed by atoms with Crippen LogP contribution in [0.1, 0.15) is 6.42 Å². The molecule has 2 amide bonds. The largest absolute Gasteiger partial charge is 0.478 e. The molecule has 4 N–H and O–H groups in total. The third-order valence-electron chi connectivity index (χ3n) is 2.88. The maximum Gasteiger partial charge on any atom is 0.248 e. The number of ether oxygens (including phenoxy) is 1. The van der Waals surface area contributed by atoms with E-state index in [2.05, 4.69) is 4.99 Å². The fourth-order valence-corrected chi connectivity index (χ4v) is 1.87. The van der Waals surface area contributed by atoms with Crippen molar-refractivity contribution >= 4 is 17.7 Å². The van der Waals surface area contributed by atoms with E-state index in [1.54, 1.807) is 12.2 Å². The standard InChI is InChI=1S/C11H13N3O3/c12-8(15)7-1-3-11(4-2-7,9(13)16)10-14-5-6-17-10/h1-3H,4-6H2,(H2,12,15)(H2,13,16). The predicted molar refractivity (Wildman–Crippen MR) is 60.9 cm³/mol. The first-order chi connectivity index (χ1) is 8.06. The molecule has 0 spiro atoms. The van der Waals surface area contributed by atoms with E-state index in [9.17, 15) is 9.59 Å². The number of hydrogen-bond donors (Lipinski definition) is 2. The number of allylic oxidation sites excluding steroid dienone is 1. The van der Waals surface area contributed by atoms with E-state index < -0.39 is 17.2 Å². The summed E-state index contributed by atoms with van der Waals surface area (Å²) in [6.45, 7) is 0.967. The number of amides is 2. The highest BCUT2D eigenvalue weighted by Gasteiger charge is 2.43. The third-order valence-corrected chi connectivity index (χ3v) is 2.88. The zero-order valence-electron chi connectivity index (χ0n) is 9.18. The first-order valence-corrected chi connectivity index (χ1v) is 5.23. The van der Waals surface area contributed by atoms with E-state index in [-0.39, 0.29) is 6.42 Å². The molecule has 0 saturated carbocycles. The van der Waals surface area contributed by atoms with Crippen LogP contribution >= 0.6 is 0 Å². The van der Waals surface area contributed by atoms with Gasteiger partial charge < -0.3 is 16.2 Å². The van der Waals surface area contributed by atoms with Gasteiger partial charge in [0.15, 0.2) is 0 Å². The summed E-state index contributed by atoms with van der Waals surface area (Å²) in [5.74, 6) is -0.760. The van der Waals surface area contributed by atoms with Crippen LogP contribution in [0, 0.1) is 5.41 Å². The zero-order valence-corrected chi connectivity index (χ0v) is 9.18. The molecule has 1 heterocycles. The van der Waals surface area contributed by atoms with Crippen molar-refractivity contribution < 1.29 is 14.3 Å². The molecule has 0 aromatic carbocycles. The molecule has 0 bridgehead atoms. The highest BCUT2D eigenvalue weighted by molar-refractivity contribution is 6.08. The molecule has 17 heavy (non-hydrogen) atoms. The lowest BCUT2D eigenvalue weighted by molar-refractivity contribution is -0.123. The van der Waals surface area contributed by atoms with Gasteiger partial charge in [-0.25, -0.2) is 0 Å². The van der Waals surface area contributed by atoms with Gasteiger partial charge in [0.25, 0.3) is 0 Å². The average Bonchev–Trinajstić information content (AvgIpc) is 2.82. The first kappa shape index (κ1) is 11.4. The van der Waals surface area contributed by atoms with Crippen molar-refractivity contribution in [1.82, 2.24) is 0 Å². The lowest BCUT2D eigenvalue weighted by Crippen LogP contribution is -2.43. The second-order valence-electron chi connectivity index (χ2n) is 3.93. The molecule has 90 valence electrons. The van der Waals surface area contributed by atoms with Crippen molar-refractivity contribution in [2.24, 2.45) is 21.9 Å². The van der Waals surface area contributed by atoms with Gasteiger partial charge in [-0.2, -0.15) is 0 Å². The maximum atomic E-state index is 11.6. The quantitative estimate of drug-likeness (QED) is 0.672. The Kier molecular flexibility index (Phi) is 2.71. The fraction of sp³-hybridized carbons (Fsp3) is 0.364. The van der Waals surface area contributed by atoms with E-state index in [0.29, 0.717) is 24.6 Å². The Hall–Kier alpha value is -2.11. The van der Waals surface area contributed by atoms with Crippen molar-refractivity contribution in [3.05, 3.63) is 23.8 Å². The number of carbonyl (C=O) groups excluding carboxylic acids is 2. The Balaban J connectivity index is 2.32. The van der Waals surface area contributed by atoms with Gasteiger partial charge in [-0.1, -0.05) is 18.2 Å². The van der Waals surface area contributed by atoms with Crippen LogP contribution in [0.3, 0.4) is 0 Å². The molecule has 0 radical (unpaired) electrons. The van der Waals surface area contributed by atoms with Crippen molar-refractivity contribution in [3.63, 3.8) is 0 Å². The number of carbonyl (C=O) groups is 2. The van der Waals surface area contributed by atoms with E-state index in [1.807, 2.05) is 0 Å². The molecule has 2 rings (SSSR count). The summed E-state index contributed by atoms with van der Waals surface area (Å²) in [4.78, 5) is 26.7. The van der Waals surface area contributed by atoms with Gasteiger partial charge in [0.2, 0.25) is 17.7 Å². The summed E-state index contributed by atoms with van der Waals surface area (Å²) in [5.41, 5.74) is 9.84. The number of primary amides is 2. The molecule has 2 aliphatic rings. The molecule has 6 heteroatoms. The smallest absolute Gasteiger partial charge is 0.248 e. The van der Waals surface area contributed by atoms with Crippen molar-refractivity contribution in [1.29, 1.82) is 0 Å². The maximum absolute atomic E-state index is 11.6. The van der Waals surface area contributed by atoms with Crippen LogP contribution < -0.4 is 11.5 Å². The van der Waals surface area contributed by atoms with Gasteiger partial charge in [0.05, 0.1) is 6.54 Å². The van der Waals surface area contributed by atoms with E-state index in [0.717, 1.165) is 0 Å². The lowest BCUT2D eigenvalue weighted by atomic mass is 9.79. The summed E-state index contributed by atoms with van der Waals surface area (Å²) >= 11 is 0. The topological polar surface area (TPSA) is 108 Å². The Bertz CT molecular complexity index is 465. The van der Waals surface area contributed by atoms with Gasteiger partial charge in [-0.05, 0) is 6.42 Å². The van der Waals surface area contributed by atoms with E-state index >= 15 is 0 Å². The number of rotatable bonds is 3. The monoisotopic (exact) mass is 235 g/mol. The number of hydrogen-bond acceptors (Lipinski definition) is 4. The van der Waals surface area contributed by atoms with Crippen LogP contribution in [0.2, 0.25) is 0 Å². The molecule has 1 atom stereocenters. The van der Waals surface area contributed by atoms with Crippen molar-refractivity contribution in [2.45, 2.75) is 6.42 Å². The highest BCUT2D eigenvalue weighted by atomic mass is 16.5. The first-order valence-electron chi connectivity index (χ1n) is 5.23. The Morgan fingerprint density at radius 1 is 1.41 bits per heavy atom. The number of nitrogens with zero attached hydrogens (tertiary/aromatic N) is 1. The average molecular weight is 235 g/mol. The van der Waals surface area contributed by atoms with Crippen molar-refractivity contribution in [2.75, 3.05) is 13.2 Å². The lowest BCUT2D eigenvalue weighted by Gasteiger charge is -2.27. The molecule has 0 fully saturated rings. The molecule has 0 aromatic rings.